The summed E-state index contributed by atoms with van der Waals surface area (Å²) in [4.78, 5) is 24.5. The number of rotatable bonds is 3. The zero-order valence-electron chi connectivity index (χ0n) is 10.9. The number of likely N-dealkylation sites (tertiary alicyclic amines) is 1. The number of anilines is 1. The molecular weight excluding hydrogens is 281 g/mol. The SMILES string of the molecule is CN1C(=O)CCC(Nc2ccc(F)cc2C(N)=S)C1=O. The number of piperidine rings is 1. The number of hydrogen-bond acceptors (Lipinski definition) is 4. The van der Waals surface area contributed by atoms with Gasteiger partial charge in [0.05, 0.1) is 0 Å². The van der Waals surface area contributed by atoms with Gasteiger partial charge in [0.25, 0.3) is 5.91 Å². The molecule has 1 aromatic rings. The van der Waals surface area contributed by atoms with Gasteiger partial charge in [-0.25, -0.2) is 4.39 Å². The van der Waals surface area contributed by atoms with E-state index in [9.17, 15) is 14.0 Å². The third-order valence-corrected chi connectivity index (χ3v) is 3.45. The highest BCUT2D eigenvalue weighted by Crippen LogP contribution is 2.21. The first kappa shape index (κ1) is 14.4. The topological polar surface area (TPSA) is 75.4 Å². The van der Waals surface area contributed by atoms with E-state index < -0.39 is 11.9 Å². The van der Waals surface area contributed by atoms with Crippen LogP contribution in [0.1, 0.15) is 18.4 Å². The highest BCUT2D eigenvalue weighted by atomic mass is 32.1. The van der Waals surface area contributed by atoms with Crippen molar-refractivity contribution < 1.29 is 14.0 Å². The number of nitrogens with one attached hydrogen (secondary N) is 1. The van der Waals surface area contributed by atoms with E-state index in [2.05, 4.69) is 5.32 Å². The van der Waals surface area contributed by atoms with E-state index in [4.69, 9.17) is 18.0 Å². The van der Waals surface area contributed by atoms with Gasteiger partial charge in [0.15, 0.2) is 0 Å². The first-order chi connectivity index (χ1) is 9.40. The number of hydrogen-bond donors (Lipinski definition) is 2. The molecule has 1 saturated heterocycles. The van der Waals surface area contributed by atoms with E-state index in [0.717, 1.165) is 4.90 Å². The molecule has 20 heavy (non-hydrogen) atoms. The summed E-state index contributed by atoms with van der Waals surface area (Å²) in [6.07, 6.45) is 0.666. The quantitative estimate of drug-likeness (QED) is 0.643. The predicted molar refractivity (Wildman–Crippen MR) is 76.7 cm³/mol. The van der Waals surface area contributed by atoms with Gasteiger partial charge in [0.1, 0.15) is 16.8 Å². The van der Waals surface area contributed by atoms with Gasteiger partial charge in [0.2, 0.25) is 5.91 Å². The first-order valence-corrected chi connectivity index (χ1v) is 6.47. The van der Waals surface area contributed by atoms with Gasteiger partial charge < -0.3 is 11.1 Å². The van der Waals surface area contributed by atoms with Crippen LogP contribution in [0.4, 0.5) is 10.1 Å². The Hall–Kier alpha value is -2.02. The molecule has 1 aliphatic heterocycles. The average molecular weight is 295 g/mol. The Balaban J connectivity index is 2.24. The molecule has 7 heteroatoms. The summed E-state index contributed by atoms with van der Waals surface area (Å²) in [5.41, 5.74) is 6.37. The van der Waals surface area contributed by atoms with Crippen LogP contribution < -0.4 is 11.1 Å². The van der Waals surface area contributed by atoms with Crippen molar-refractivity contribution in [3.8, 4) is 0 Å². The maximum absolute atomic E-state index is 13.2. The Morgan fingerprint density at radius 1 is 1.50 bits per heavy atom. The molecule has 0 saturated carbocycles. The number of amides is 2. The Morgan fingerprint density at radius 3 is 2.85 bits per heavy atom. The predicted octanol–water partition coefficient (Wildman–Crippen LogP) is 1.02. The molecule has 1 aliphatic rings. The Labute approximate surface area is 120 Å². The number of likely N-dealkylation sites (N-methyl/N-ethyl adjacent to an activating group) is 1. The van der Waals surface area contributed by atoms with Gasteiger partial charge >= 0.3 is 0 Å². The van der Waals surface area contributed by atoms with E-state index in [1.54, 1.807) is 0 Å². The maximum atomic E-state index is 13.2. The van der Waals surface area contributed by atoms with Crippen LogP contribution in [-0.2, 0) is 9.59 Å². The lowest BCUT2D eigenvalue weighted by atomic mass is 10.0. The Bertz CT molecular complexity index is 591. The smallest absolute Gasteiger partial charge is 0.251 e. The minimum absolute atomic E-state index is 0.0414. The summed E-state index contributed by atoms with van der Waals surface area (Å²) < 4.78 is 13.2. The van der Waals surface area contributed by atoms with Crippen LogP contribution in [-0.4, -0.2) is 34.8 Å². The summed E-state index contributed by atoms with van der Waals surface area (Å²) >= 11 is 4.87. The second-order valence-electron chi connectivity index (χ2n) is 4.58. The number of carbonyl (C=O) groups is 2. The number of carbonyl (C=O) groups excluding carboxylic acids is 2. The Morgan fingerprint density at radius 2 is 2.20 bits per heavy atom. The number of benzene rings is 1. The van der Waals surface area contributed by atoms with E-state index in [1.165, 1.54) is 25.2 Å². The van der Waals surface area contributed by atoms with Crippen LogP contribution in [0, 0.1) is 5.82 Å². The number of thiocarbonyl (C=S) groups is 1. The largest absolute Gasteiger partial charge is 0.389 e. The standard InChI is InChI=1S/C13H14FN3O2S/c1-17-11(18)5-4-10(13(17)19)16-9-3-2-7(14)6-8(9)12(15)20/h2-3,6,10,16H,4-5H2,1H3,(H2,15,20). The molecule has 106 valence electrons. The van der Waals surface area contributed by atoms with Crippen molar-refractivity contribution in [2.24, 2.45) is 5.73 Å². The number of imide groups is 1. The fourth-order valence-electron chi connectivity index (χ4n) is 2.08. The molecule has 3 N–H and O–H groups in total. The molecule has 2 rings (SSSR count). The molecule has 0 radical (unpaired) electrons. The third-order valence-electron chi connectivity index (χ3n) is 3.23. The highest BCUT2D eigenvalue weighted by Gasteiger charge is 2.32. The number of nitrogens with two attached hydrogens (primary N) is 1. The number of halogens is 1. The van der Waals surface area contributed by atoms with Gasteiger partial charge in [0, 0.05) is 24.7 Å². The van der Waals surface area contributed by atoms with Crippen LogP contribution in [0.2, 0.25) is 0 Å². The molecule has 1 atom stereocenters. The third kappa shape index (κ3) is 2.77. The van der Waals surface area contributed by atoms with Crippen LogP contribution in [0.3, 0.4) is 0 Å². The summed E-state index contributed by atoms with van der Waals surface area (Å²) in [7, 11) is 1.44. The molecule has 1 unspecified atom stereocenters. The van der Waals surface area contributed by atoms with Crippen molar-refractivity contribution in [3.63, 3.8) is 0 Å². The summed E-state index contributed by atoms with van der Waals surface area (Å²) in [6, 6.07) is 3.41. The summed E-state index contributed by atoms with van der Waals surface area (Å²) in [5.74, 6) is -0.984. The van der Waals surface area contributed by atoms with Crippen molar-refractivity contribution in [2.45, 2.75) is 18.9 Å². The van der Waals surface area contributed by atoms with Crippen molar-refractivity contribution in [2.75, 3.05) is 12.4 Å². The van der Waals surface area contributed by atoms with Crippen molar-refractivity contribution in [3.05, 3.63) is 29.6 Å². The highest BCUT2D eigenvalue weighted by molar-refractivity contribution is 7.80. The zero-order valence-corrected chi connectivity index (χ0v) is 11.7. The lowest BCUT2D eigenvalue weighted by Gasteiger charge is -2.29. The van der Waals surface area contributed by atoms with Crippen LogP contribution in [0.15, 0.2) is 18.2 Å². The van der Waals surface area contributed by atoms with E-state index in [-0.39, 0.29) is 23.2 Å². The van der Waals surface area contributed by atoms with Gasteiger partial charge in [-0.2, -0.15) is 0 Å². The second kappa shape index (κ2) is 5.54. The number of nitrogens with zero attached hydrogens (tertiary/aromatic N) is 1. The van der Waals surface area contributed by atoms with Crippen molar-refractivity contribution in [1.29, 1.82) is 0 Å². The fourth-order valence-corrected chi connectivity index (χ4v) is 2.25. The monoisotopic (exact) mass is 295 g/mol. The minimum atomic E-state index is -0.545. The van der Waals surface area contributed by atoms with Gasteiger partial charge in [-0.05, 0) is 24.6 Å². The van der Waals surface area contributed by atoms with E-state index in [1.807, 2.05) is 0 Å². The van der Waals surface area contributed by atoms with Gasteiger partial charge in [-0.3, -0.25) is 14.5 Å². The Kier molecular flexibility index (Phi) is 3.99. The van der Waals surface area contributed by atoms with E-state index >= 15 is 0 Å². The lowest BCUT2D eigenvalue weighted by Crippen LogP contribution is -2.48. The summed E-state index contributed by atoms with van der Waals surface area (Å²) in [6.45, 7) is 0. The van der Waals surface area contributed by atoms with Gasteiger partial charge in [-0.15, -0.1) is 0 Å². The fraction of sp³-hybridized carbons (Fsp3) is 0.308. The van der Waals surface area contributed by atoms with Crippen LogP contribution in [0.5, 0.6) is 0 Å². The van der Waals surface area contributed by atoms with E-state index in [0.29, 0.717) is 17.7 Å². The molecule has 2 amide bonds. The molecule has 1 aromatic carbocycles. The van der Waals surface area contributed by atoms with Crippen molar-refractivity contribution in [1.82, 2.24) is 4.90 Å². The summed E-state index contributed by atoms with van der Waals surface area (Å²) in [5, 5.41) is 2.98. The molecule has 0 spiro atoms. The van der Waals surface area contributed by atoms with Crippen LogP contribution >= 0.6 is 12.2 Å². The zero-order chi connectivity index (χ0) is 14.9. The average Bonchev–Trinajstić information content (AvgIpc) is 2.41. The second-order valence-corrected chi connectivity index (χ2v) is 5.02. The molecule has 0 aromatic heterocycles. The molecule has 1 fully saturated rings. The normalized spacial score (nSPS) is 19.1. The molecular formula is C13H14FN3O2S. The maximum Gasteiger partial charge on any atom is 0.251 e. The molecule has 5 nitrogen and oxygen atoms in total. The first-order valence-electron chi connectivity index (χ1n) is 6.06. The van der Waals surface area contributed by atoms with Gasteiger partial charge in [-0.1, -0.05) is 12.2 Å². The van der Waals surface area contributed by atoms with Crippen molar-refractivity contribution >= 4 is 34.7 Å². The minimum Gasteiger partial charge on any atom is -0.389 e. The molecule has 0 aliphatic carbocycles. The van der Waals surface area contributed by atoms with Crippen LogP contribution in [0.25, 0.3) is 0 Å². The molecule has 0 bridgehead atoms. The lowest BCUT2D eigenvalue weighted by molar-refractivity contribution is -0.146. The molecule has 1 heterocycles.